The lowest BCUT2D eigenvalue weighted by atomic mass is 10.0. The molecule has 0 saturated heterocycles. The van der Waals surface area contributed by atoms with E-state index in [1.165, 1.54) is 11.3 Å². The van der Waals surface area contributed by atoms with Crippen LogP contribution in [-0.2, 0) is 15.5 Å². The largest absolute Gasteiger partial charge is 0.469 e. The molecule has 0 radical (unpaired) electrons. The summed E-state index contributed by atoms with van der Waals surface area (Å²) in [6.07, 6.45) is 0.401. The lowest BCUT2D eigenvalue weighted by Crippen LogP contribution is -2.39. The molecule has 1 heterocycles. The summed E-state index contributed by atoms with van der Waals surface area (Å²) >= 11 is 1.37. The summed E-state index contributed by atoms with van der Waals surface area (Å²) in [5.41, 5.74) is 2.02. The third kappa shape index (κ3) is 5.73. The molecule has 3 rings (SSSR count). The monoisotopic (exact) mass is 405 g/mol. The van der Waals surface area contributed by atoms with Crippen molar-refractivity contribution in [3.63, 3.8) is 0 Å². The molecule has 0 aliphatic heterocycles. The van der Waals surface area contributed by atoms with Gasteiger partial charge in [-0.15, -0.1) is 11.3 Å². The molecule has 1 atom stereocenters. The van der Waals surface area contributed by atoms with Crippen molar-refractivity contribution in [2.45, 2.75) is 19.4 Å². The molecule has 142 valence electrons. The van der Waals surface area contributed by atoms with Crippen molar-refractivity contribution in [1.82, 2.24) is 5.32 Å². The van der Waals surface area contributed by atoms with Gasteiger partial charge >= 0.3 is 7.82 Å². The first kappa shape index (κ1) is 19.7. The molecule has 0 aliphatic rings. The molecule has 6 nitrogen and oxygen atoms in total. The number of hydrogen-bond donors (Lipinski definition) is 3. The van der Waals surface area contributed by atoms with Crippen LogP contribution < -0.4 is 5.32 Å². The molecule has 0 spiro atoms. The van der Waals surface area contributed by atoms with E-state index < -0.39 is 13.9 Å². The van der Waals surface area contributed by atoms with Gasteiger partial charge in [-0.05, 0) is 36.4 Å². The van der Waals surface area contributed by atoms with Crippen molar-refractivity contribution in [3.05, 3.63) is 70.6 Å². The maximum absolute atomic E-state index is 12.7. The fraction of sp³-hybridized carbons (Fsp3) is 0.211. The number of carbonyl (C=O) groups is 1. The first-order valence-electron chi connectivity index (χ1n) is 8.35. The number of carbonyl (C=O) groups excluding carboxylic acids is 1. The molecule has 0 fully saturated rings. The summed E-state index contributed by atoms with van der Waals surface area (Å²) in [4.78, 5) is 31.2. The Morgan fingerprint density at radius 1 is 1.19 bits per heavy atom. The highest BCUT2D eigenvalue weighted by atomic mass is 32.1. The Morgan fingerprint density at radius 2 is 1.96 bits per heavy atom. The van der Waals surface area contributed by atoms with E-state index in [-0.39, 0.29) is 12.5 Å². The highest BCUT2D eigenvalue weighted by Crippen LogP contribution is 2.36. The fourth-order valence-electron chi connectivity index (χ4n) is 2.81. The molecule has 3 N–H and O–H groups in total. The molecule has 0 saturated carbocycles. The third-order valence-electron chi connectivity index (χ3n) is 3.99. The van der Waals surface area contributed by atoms with Gasteiger partial charge in [0.15, 0.2) is 0 Å². The van der Waals surface area contributed by atoms with E-state index in [0.717, 1.165) is 21.2 Å². The van der Waals surface area contributed by atoms with Gasteiger partial charge in [0.2, 0.25) is 0 Å². The van der Waals surface area contributed by atoms with Crippen LogP contribution in [0.4, 0.5) is 0 Å². The Labute approximate surface area is 161 Å². The zero-order valence-corrected chi connectivity index (χ0v) is 16.4. The minimum Gasteiger partial charge on any atom is -0.346 e. The second-order valence-electron chi connectivity index (χ2n) is 6.30. The smallest absolute Gasteiger partial charge is 0.346 e. The second kappa shape index (κ2) is 8.33. The molecule has 0 unspecified atom stereocenters. The summed E-state index contributed by atoms with van der Waals surface area (Å²) in [5, 5.41) is 3.82. The Morgan fingerprint density at radius 3 is 2.67 bits per heavy atom. The number of amides is 1. The summed E-state index contributed by atoms with van der Waals surface area (Å²) in [5.74, 6) is -0.289. The van der Waals surface area contributed by atoms with Crippen LogP contribution >= 0.6 is 19.2 Å². The molecule has 1 aromatic heterocycles. The summed E-state index contributed by atoms with van der Waals surface area (Å²) in [6.45, 7) is 1.68. The molecular formula is C19H20NO5PS. The van der Waals surface area contributed by atoms with Crippen LogP contribution in [0.3, 0.4) is 0 Å². The zero-order valence-electron chi connectivity index (χ0n) is 14.7. The standard InChI is InChI=1S/C19H20NO5PS/c1-13-5-4-6-14(9-13)10-16(12-25-26(22,23)24)20-19(21)18-11-15-7-2-3-8-17(15)27-18/h2-9,11,16H,10,12H2,1H3,(H,20,21)(H2,22,23,24)/t16-/m0/s1. The average molecular weight is 405 g/mol. The molecule has 27 heavy (non-hydrogen) atoms. The van der Waals surface area contributed by atoms with Gasteiger partial charge in [0.25, 0.3) is 5.91 Å². The van der Waals surface area contributed by atoms with E-state index >= 15 is 0 Å². The van der Waals surface area contributed by atoms with E-state index in [1.807, 2.05) is 61.5 Å². The minimum atomic E-state index is -4.62. The molecule has 0 aliphatic carbocycles. The van der Waals surface area contributed by atoms with Crippen LogP contribution in [0.25, 0.3) is 10.1 Å². The molecule has 1 amide bonds. The predicted molar refractivity (Wildman–Crippen MR) is 106 cm³/mol. The van der Waals surface area contributed by atoms with E-state index in [1.54, 1.807) is 0 Å². The fourth-order valence-corrected chi connectivity index (χ4v) is 4.15. The van der Waals surface area contributed by atoms with Crippen molar-refractivity contribution in [1.29, 1.82) is 0 Å². The van der Waals surface area contributed by atoms with Gasteiger partial charge in [0.1, 0.15) is 0 Å². The number of phosphoric ester groups is 1. The van der Waals surface area contributed by atoms with Crippen LogP contribution in [0.1, 0.15) is 20.8 Å². The average Bonchev–Trinajstić information content (AvgIpc) is 3.03. The summed E-state index contributed by atoms with van der Waals surface area (Å²) < 4.78 is 16.7. The quantitative estimate of drug-likeness (QED) is 0.522. The molecule has 8 heteroatoms. The van der Waals surface area contributed by atoms with Gasteiger partial charge < -0.3 is 15.1 Å². The maximum Gasteiger partial charge on any atom is 0.469 e. The normalized spacial score (nSPS) is 12.9. The van der Waals surface area contributed by atoms with Gasteiger partial charge in [-0.2, -0.15) is 0 Å². The number of aryl methyl sites for hydroxylation is 1. The van der Waals surface area contributed by atoms with E-state index in [4.69, 9.17) is 9.79 Å². The Kier molecular flexibility index (Phi) is 6.09. The van der Waals surface area contributed by atoms with Crippen molar-refractivity contribution in [2.24, 2.45) is 0 Å². The third-order valence-corrected chi connectivity index (χ3v) is 5.59. The predicted octanol–water partition coefficient (Wildman–Crippen LogP) is 3.66. The lowest BCUT2D eigenvalue weighted by Gasteiger charge is -2.19. The Bertz CT molecular complexity index is 963. The van der Waals surface area contributed by atoms with Crippen LogP contribution in [-0.4, -0.2) is 28.3 Å². The van der Waals surface area contributed by atoms with Gasteiger partial charge in [0, 0.05) is 4.70 Å². The Hall–Kier alpha value is -2.02. The van der Waals surface area contributed by atoms with Gasteiger partial charge in [-0.1, -0.05) is 48.0 Å². The highest BCUT2D eigenvalue weighted by Gasteiger charge is 2.21. The number of hydrogen-bond acceptors (Lipinski definition) is 4. The van der Waals surface area contributed by atoms with Crippen molar-refractivity contribution >= 4 is 35.2 Å². The van der Waals surface area contributed by atoms with Crippen molar-refractivity contribution < 1.29 is 23.7 Å². The minimum absolute atomic E-state index is 0.283. The van der Waals surface area contributed by atoms with Crippen molar-refractivity contribution in [3.8, 4) is 0 Å². The number of thiophene rings is 1. The molecule has 3 aromatic rings. The number of phosphoric acid groups is 1. The lowest BCUT2D eigenvalue weighted by molar-refractivity contribution is 0.0913. The van der Waals surface area contributed by atoms with Gasteiger partial charge in [-0.3, -0.25) is 9.32 Å². The molecule has 0 bridgehead atoms. The summed E-state index contributed by atoms with van der Waals surface area (Å²) in [6, 6.07) is 16.7. The van der Waals surface area contributed by atoms with Gasteiger partial charge in [-0.25, -0.2) is 4.57 Å². The Balaban J connectivity index is 1.76. The number of fused-ring (bicyclic) bond motifs is 1. The molecule has 2 aromatic carbocycles. The second-order valence-corrected chi connectivity index (χ2v) is 8.62. The van der Waals surface area contributed by atoms with Crippen LogP contribution in [0, 0.1) is 6.92 Å². The van der Waals surface area contributed by atoms with Crippen molar-refractivity contribution in [2.75, 3.05) is 6.61 Å². The van der Waals surface area contributed by atoms with Crippen LogP contribution in [0.2, 0.25) is 0 Å². The number of benzene rings is 2. The topological polar surface area (TPSA) is 95.9 Å². The molecular weight excluding hydrogens is 385 g/mol. The van der Waals surface area contributed by atoms with E-state index in [0.29, 0.717) is 11.3 Å². The number of rotatable bonds is 7. The maximum atomic E-state index is 12.7. The van der Waals surface area contributed by atoms with E-state index in [9.17, 15) is 9.36 Å². The van der Waals surface area contributed by atoms with Gasteiger partial charge in [0.05, 0.1) is 17.5 Å². The zero-order chi connectivity index (χ0) is 19.4. The van der Waals surface area contributed by atoms with Crippen LogP contribution in [0.15, 0.2) is 54.6 Å². The number of nitrogens with one attached hydrogen (secondary N) is 1. The summed E-state index contributed by atoms with van der Waals surface area (Å²) in [7, 11) is -4.62. The first-order chi connectivity index (χ1) is 12.8. The highest BCUT2D eigenvalue weighted by molar-refractivity contribution is 7.46. The van der Waals surface area contributed by atoms with Crippen LogP contribution in [0.5, 0.6) is 0 Å². The SMILES string of the molecule is Cc1cccc(C[C@@H](COP(=O)(O)O)NC(=O)c2cc3ccccc3s2)c1. The van der Waals surface area contributed by atoms with E-state index in [2.05, 4.69) is 9.84 Å². The first-order valence-corrected chi connectivity index (χ1v) is 10.7.